The fourth-order valence-corrected chi connectivity index (χ4v) is 5.46. The van der Waals surface area contributed by atoms with Crippen molar-refractivity contribution >= 4 is 34.1 Å². The molecule has 1 saturated heterocycles. The van der Waals surface area contributed by atoms with Crippen LogP contribution in [0.5, 0.6) is 0 Å². The maximum Gasteiger partial charge on any atom is 0.251 e. The van der Waals surface area contributed by atoms with Crippen LogP contribution in [-0.4, -0.2) is 60.2 Å². The second kappa shape index (κ2) is 11.0. The average Bonchev–Trinajstić information content (AvgIpc) is 3.35. The van der Waals surface area contributed by atoms with Crippen molar-refractivity contribution in [2.75, 3.05) is 36.5 Å². The highest BCUT2D eigenvalue weighted by Gasteiger charge is 2.24. The second-order valence-corrected chi connectivity index (χ2v) is 10.5. The lowest BCUT2D eigenvalue weighted by Gasteiger charge is -2.36. The minimum atomic E-state index is -0.341. The molecule has 0 bridgehead atoms. The zero-order valence-electron chi connectivity index (χ0n) is 21.2. The summed E-state index contributed by atoms with van der Waals surface area (Å²) in [5.74, 6) is 0.483. The van der Waals surface area contributed by atoms with E-state index in [4.69, 9.17) is 14.5 Å². The fourth-order valence-electron chi connectivity index (χ4n) is 4.74. The molecule has 9 nitrogen and oxygen atoms in total. The van der Waals surface area contributed by atoms with Crippen LogP contribution in [0.2, 0.25) is 0 Å². The van der Waals surface area contributed by atoms with Gasteiger partial charge < -0.3 is 25.0 Å². The first-order valence-electron chi connectivity index (χ1n) is 12.5. The number of pyridine rings is 1. The van der Waals surface area contributed by atoms with E-state index in [0.717, 1.165) is 35.7 Å². The molecule has 2 amide bonds. The summed E-state index contributed by atoms with van der Waals surface area (Å²) in [6, 6.07) is 11.4. The van der Waals surface area contributed by atoms with Crippen LogP contribution in [0, 0.1) is 0 Å². The van der Waals surface area contributed by atoms with E-state index >= 15 is 0 Å². The second-order valence-electron chi connectivity index (χ2n) is 9.64. The molecule has 1 unspecified atom stereocenters. The largest absolute Gasteiger partial charge is 0.376 e. The van der Waals surface area contributed by atoms with Gasteiger partial charge in [-0.1, -0.05) is 19.1 Å². The molecule has 0 aliphatic carbocycles. The lowest BCUT2D eigenvalue weighted by atomic mass is 9.92. The molecule has 2 aliphatic rings. The normalized spacial score (nSPS) is 21.3. The van der Waals surface area contributed by atoms with Gasteiger partial charge >= 0.3 is 0 Å². The number of rotatable bonds is 6. The molecule has 10 heteroatoms. The van der Waals surface area contributed by atoms with E-state index in [-0.39, 0.29) is 36.5 Å². The Kier molecular flexibility index (Phi) is 7.50. The van der Waals surface area contributed by atoms with E-state index in [9.17, 15) is 9.59 Å². The van der Waals surface area contributed by atoms with Gasteiger partial charge in [-0.05, 0) is 49.2 Å². The van der Waals surface area contributed by atoms with Crippen molar-refractivity contribution in [3.63, 3.8) is 0 Å². The highest BCUT2D eigenvalue weighted by atomic mass is 32.1. The van der Waals surface area contributed by atoms with Crippen molar-refractivity contribution in [1.82, 2.24) is 15.3 Å². The van der Waals surface area contributed by atoms with Crippen molar-refractivity contribution in [3.8, 4) is 11.4 Å². The Morgan fingerprint density at radius 1 is 1.08 bits per heavy atom. The first-order chi connectivity index (χ1) is 17.9. The quantitative estimate of drug-likeness (QED) is 0.508. The monoisotopic (exact) mass is 521 g/mol. The van der Waals surface area contributed by atoms with E-state index in [1.54, 1.807) is 6.07 Å². The summed E-state index contributed by atoms with van der Waals surface area (Å²) in [5.41, 5.74) is 4.18. The number of thiazole rings is 1. The molecule has 1 fully saturated rings. The number of carbonyl (C=O) groups is 2. The Balaban J connectivity index is 1.18. The standard InChI is InChI=1S/C27H31N5O4S/c1-16-13-35-14-20-8-7-19(9-21(16)20)26(34)28-10-25(33)31-27-30-23(15-37-27)22-5-4-6-24(29-22)32-11-17(2)36-18(3)12-32/h4-9,15-18H,10-14H2,1-3H3,(H,28,34)(H,30,31,33)/t16?,17-,18+. The van der Waals surface area contributed by atoms with E-state index in [2.05, 4.69) is 41.3 Å². The maximum absolute atomic E-state index is 12.6. The zero-order chi connectivity index (χ0) is 25.9. The Hall–Kier alpha value is -3.34. The summed E-state index contributed by atoms with van der Waals surface area (Å²) in [5, 5.41) is 7.78. The van der Waals surface area contributed by atoms with Gasteiger partial charge in [0.25, 0.3) is 5.91 Å². The van der Waals surface area contributed by atoms with E-state index in [0.29, 0.717) is 29.6 Å². The average molecular weight is 522 g/mol. The van der Waals surface area contributed by atoms with Crippen molar-refractivity contribution in [2.24, 2.45) is 0 Å². The van der Waals surface area contributed by atoms with Crippen molar-refractivity contribution in [3.05, 3.63) is 58.5 Å². The Morgan fingerprint density at radius 3 is 2.70 bits per heavy atom. The van der Waals surface area contributed by atoms with Crippen molar-refractivity contribution in [2.45, 2.75) is 45.5 Å². The molecular weight excluding hydrogens is 490 g/mol. The van der Waals surface area contributed by atoms with Crippen LogP contribution in [-0.2, 0) is 20.9 Å². The summed E-state index contributed by atoms with van der Waals surface area (Å²) < 4.78 is 11.4. The molecule has 2 N–H and O–H groups in total. The predicted molar refractivity (Wildman–Crippen MR) is 143 cm³/mol. The summed E-state index contributed by atoms with van der Waals surface area (Å²) in [4.78, 5) is 36.7. The number of hydrogen-bond donors (Lipinski definition) is 2. The van der Waals surface area contributed by atoms with Crippen LogP contribution in [0.15, 0.2) is 41.8 Å². The predicted octanol–water partition coefficient (Wildman–Crippen LogP) is 3.82. The summed E-state index contributed by atoms with van der Waals surface area (Å²) in [6.45, 7) is 8.82. The van der Waals surface area contributed by atoms with Gasteiger partial charge in [-0.15, -0.1) is 11.3 Å². The fraction of sp³-hybridized carbons (Fsp3) is 0.407. The molecule has 37 heavy (non-hydrogen) atoms. The van der Waals surface area contributed by atoms with E-state index in [1.165, 1.54) is 11.3 Å². The Labute approximate surface area is 220 Å². The number of aromatic nitrogens is 2. The molecule has 2 aliphatic heterocycles. The smallest absolute Gasteiger partial charge is 0.251 e. The zero-order valence-corrected chi connectivity index (χ0v) is 22.0. The number of anilines is 2. The van der Waals surface area contributed by atoms with Gasteiger partial charge in [-0.3, -0.25) is 9.59 Å². The van der Waals surface area contributed by atoms with Gasteiger partial charge in [0, 0.05) is 30.0 Å². The Morgan fingerprint density at radius 2 is 1.89 bits per heavy atom. The van der Waals surface area contributed by atoms with Crippen LogP contribution in [0.1, 0.15) is 48.2 Å². The lowest BCUT2D eigenvalue weighted by Crippen LogP contribution is -2.45. The van der Waals surface area contributed by atoms with Crippen LogP contribution < -0.4 is 15.5 Å². The highest BCUT2D eigenvalue weighted by molar-refractivity contribution is 7.14. The van der Waals surface area contributed by atoms with Crippen LogP contribution in [0.3, 0.4) is 0 Å². The number of benzene rings is 1. The minimum absolute atomic E-state index is 0.140. The molecular formula is C27H31N5O4S. The molecule has 0 radical (unpaired) electrons. The third kappa shape index (κ3) is 5.98. The third-order valence-electron chi connectivity index (χ3n) is 6.46. The molecule has 3 aromatic rings. The number of nitrogens with zero attached hydrogens (tertiary/aromatic N) is 3. The first kappa shape index (κ1) is 25.3. The number of hydrogen-bond acceptors (Lipinski definition) is 8. The molecule has 2 aromatic heterocycles. The number of nitrogens with one attached hydrogen (secondary N) is 2. The Bertz CT molecular complexity index is 1290. The van der Waals surface area contributed by atoms with Gasteiger partial charge in [-0.2, -0.15) is 0 Å². The van der Waals surface area contributed by atoms with Gasteiger partial charge in [0.15, 0.2) is 5.13 Å². The number of ether oxygens (including phenoxy) is 2. The maximum atomic E-state index is 12.6. The summed E-state index contributed by atoms with van der Waals surface area (Å²) >= 11 is 1.32. The molecule has 0 saturated carbocycles. The van der Waals surface area contributed by atoms with Gasteiger partial charge in [-0.25, -0.2) is 9.97 Å². The molecule has 3 atom stereocenters. The van der Waals surface area contributed by atoms with E-state index in [1.807, 2.05) is 35.7 Å². The van der Waals surface area contributed by atoms with Crippen molar-refractivity contribution < 1.29 is 19.1 Å². The van der Waals surface area contributed by atoms with E-state index < -0.39 is 0 Å². The first-order valence-corrected chi connectivity index (χ1v) is 13.4. The molecule has 4 heterocycles. The topological polar surface area (TPSA) is 106 Å². The minimum Gasteiger partial charge on any atom is -0.376 e. The highest BCUT2D eigenvalue weighted by Crippen LogP contribution is 2.28. The molecule has 1 aromatic carbocycles. The van der Waals surface area contributed by atoms with Gasteiger partial charge in [0.2, 0.25) is 5.91 Å². The summed E-state index contributed by atoms with van der Waals surface area (Å²) in [7, 11) is 0. The van der Waals surface area contributed by atoms with Crippen LogP contribution in [0.25, 0.3) is 11.4 Å². The number of fused-ring (bicyclic) bond motifs is 1. The lowest BCUT2D eigenvalue weighted by molar-refractivity contribution is -0.115. The van der Waals surface area contributed by atoms with Crippen LogP contribution >= 0.6 is 11.3 Å². The summed E-state index contributed by atoms with van der Waals surface area (Å²) in [6.07, 6.45) is 0.280. The molecule has 5 rings (SSSR count). The van der Waals surface area contributed by atoms with Gasteiger partial charge in [0.05, 0.1) is 37.7 Å². The van der Waals surface area contributed by atoms with Crippen LogP contribution in [0.4, 0.5) is 10.9 Å². The van der Waals surface area contributed by atoms with Gasteiger partial charge in [0.1, 0.15) is 11.5 Å². The SMILES string of the molecule is CC1COCc2ccc(C(=O)NCC(=O)Nc3nc(-c4cccc(N5C[C@@H](C)O[C@@H](C)C5)n4)cs3)cc21. The molecule has 0 spiro atoms. The number of amides is 2. The van der Waals surface area contributed by atoms with Crippen molar-refractivity contribution in [1.29, 1.82) is 0 Å². The number of morpholine rings is 1. The molecule has 194 valence electrons. The third-order valence-corrected chi connectivity index (χ3v) is 7.22. The number of carbonyl (C=O) groups excluding carboxylic acids is 2.